The molecule has 0 bridgehead atoms. The lowest BCUT2D eigenvalue weighted by molar-refractivity contribution is -0.120. The van der Waals surface area contributed by atoms with Crippen molar-refractivity contribution in [3.05, 3.63) is 60.2 Å². The summed E-state index contributed by atoms with van der Waals surface area (Å²) in [5.74, 6) is 1.39. The summed E-state index contributed by atoms with van der Waals surface area (Å²) in [6.45, 7) is 4.69. The highest BCUT2D eigenvalue weighted by Crippen LogP contribution is 2.32. The van der Waals surface area contributed by atoms with E-state index in [9.17, 15) is 4.79 Å². The van der Waals surface area contributed by atoms with Gasteiger partial charge in [-0.1, -0.05) is 36.4 Å². The van der Waals surface area contributed by atoms with Gasteiger partial charge in [0, 0.05) is 24.8 Å². The van der Waals surface area contributed by atoms with Gasteiger partial charge in [0.05, 0.1) is 6.04 Å². The van der Waals surface area contributed by atoms with E-state index in [4.69, 9.17) is 9.47 Å². The fourth-order valence-corrected chi connectivity index (χ4v) is 3.48. The highest BCUT2D eigenvalue weighted by molar-refractivity contribution is 5.95. The van der Waals surface area contributed by atoms with Crippen molar-refractivity contribution in [2.75, 3.05) is 31.6 Å². The van der Waals surface area contributed by atoms with Crippen molar-refractivity contribution in [1.82, 2.24) is 4.90 Å². The Labute approximate surface area is 159 Å². The van der Waals surface area contributed by atoms with E-state index < -0.39 is 0 Å². The fraction of sp³-hybridized carbons (Fsp3) is 0.318. The number of anilines is 1. The zero-order valence-electron chi connectivity index (χ0n) is 15.5. The summed E-state index contributed by atoms with van der Waals surface area (Å²) in [5.41, 5.74) is 3.35. The first-order valence-corrected chi connectivity index (χ1v) is 9.40. The Kier molecular flexibility index (Phi) is 5.12. The molecule has 2 heterocycles. The van der Waals surface area contributed by atoms with E-state index in [2.05, 4.69) is 40.6 Å². The first-order chi connectivity index (χ1) is 13.2. The molecule has 0 spiro atoms. The number of amides is 1. The number of benzene rings is 2. The van der Waals surface area contributed by atoms with Crippen LogP contribution in [-0.2, 0) is 4.79 Å². The van der Waals surface area contributed by atoms with E-state index in [-0.39, 0.29) is 11.9 Å². The van der Waals surface area contributed by atoms with Crippen LogP contribution >= 0.6 is 0 Å². The zero-order chi connectivity index (χ0) is 18.6. The monoisotopic (exact) mass is 364 g/mol. The molecule has 5 heteroatoms. The smallest absolute Gasteiger partial charge is 0.241 e. The molecule has 0 saturated heterocycles. The van der Waals surface area contributed by atoms with Gasteiger partial charge in [0.25, 0.3) is 0 Å². The number of rotatable bonds is 4. The molecule has 0 saturated carbocycles. The number of carbonyl (C=O) groups is 1. The minimum absolute atomic E-state index is 0.0109. The molecule has 1 atom stereocenters. The van der Waals surface area contributed by atoms with E-state index >= 15 is 0 Å². The van der Waals surface area contributed by atoms with E-state index in [1.807, 2.05) is 31.2 Å². The summed E-state index contributed by atoms with van der Waals surface area (Å²) < 4.78 is 11.1. The van der Waals surface area contributed by atoms with Crippen LogP contribution in [0.2, 0.25) is 0 Å². The Balaban J connectivity index is 1.38. The SMILES string of the molecule is C[C@H](C(=O)Nc1ccc2c(c1)OCCO2)N1CC=C(c2ccccc2)CC1. The largest absolute Gasteiger partial charge is 0.486 e. The van der Waals surface area contributed by atoms with Crippen LogP contribution in [0.15, 0.2) is 54.6 Å². The molecule has 0 unspecified atom stereocenters. The van der Waals surface area contributed by atoms with Gasteiger partial charge in [-0.15, -0.1) is 0 Å². The summed E-state index contributed by atoms with van der Waals surface area (Å²) in [6.07, 6.45) is 3.18. The number of nitrogens with one attached hydrogen (secondary N) is 1. The van der Waals surface area contributed by atoms with Crippen LogP contribution in [0, 0.1) is 0 Å². The summed E-state index contributed by atoms with van der Waals surface area (Å²) in [6, 6.07) is 15.7. The van der Waals surface area contributed by atoms with E-state index in [0.29, 0.717) is 19.0 Å². The average Bonchev–Trinajstić information content (AvgIpc) is 2.74. The van der Waals surface area contributed by atoms with Gasteiger partial charge in [-0.05, 0) is 36.6 Å². The summed E-state index contributed by atoms with van der Waals surface area (Å²) >= 11 is 0. The van der Waals surface area contributed by atoms with Gasteiger partial charge in [-0.3, -0.25) is 9.69 Å². The van der Waals surface area contributed by atoms with Crippen molar-refractivity contribution in [1.29, 1.82) is 0 Å². The summed E-state index contributed by atoms with van der Waals surface area (Å²) in [4.78, 5) is 14.9. The molecule has 2 aliphatic heterocycles. The van der Waals surface area contributed by atoms with Crippen LogP contribution < -0.4 is 14.8 Å². The molecule has 5 nitrogen and oxygen atoms in total. The highest BCUT2D eigenvalue weighted by atomic mass is 16.6. The predicted octanol–water partition coefficient (Wildman–Crippen LogP) is 3.57. The second-order valence-corrected chi connectivity index (χ2v) is 6.86. The molecule has 1 amide bonds. The van der Waals surface area contributed by atoms with Gasteiger partial charge in [0.2, 0.25) is 5.91 Å². The molecule has 0 aliphatic carbocycles. The average molecular weight is 364 g/mol. The van der Waals surface area contributed by atoms with Crippen LogP contribution in [-0.4, -0.2) is 43.2 Å². The van der Waals surface area contributed by atoms with E-state index in [0.717, 1.165) is 30.9 Å². The van der Waals surface area contributed by atoms with Crippen LogP contribution in [0.4, 0.5) is 5.69 Å². The second kappa shape index (κ2) is 7.84. The number of carbonyl (C=O) groups excluding carboxylic acids is 1. The maximum Gasteiger partial charge on any atom is 0.241 e. The Bertz CT molecular complexity index is 848. The molecule has 2 aliphatic rings. The maximum absolute atomic E-state index is 12.7. The minimum Gasteiger partial charge on any atom is -0.486 e. The van der Waals surface area contributed by atoms with Gasteiger partial charge >= 0.3 is 0 Å². The van der Waals surface area contributed by atoms with Gasteiger partial charge in [0.1, 0.15) is 13.2 Å². The second-order valence-electron chi connectivity index (χ2n) is 6.86. The summed E-state index contributed by atoms with van der Waals surface area (Å²) in [5, 5.41) is 3.00. The zero-order valence-corrected chi connectivity index (χ0v) is 15.5. The van der Waals surface area contributed by atoms with Gasteiger partial charge in [-0.25, -0.2) is 0 Å². The number of hydrogen-bond donors (Lipinski definition) is 1. The Morgan fingerprint density at radius 3 is 2.59 bits per heavy atom. The molecule has 2 aromatic carbocycles. The molecule has 140 valence electrons. The standard InChI is InChI=1S/C22H24N2O3/c1-16(24-11-9-18(10-12-24)17-5-3-2-4-6-17)22(25)23-19-7-8-20-21(15-19)27-14-13-26-20/h2-9,15-16H,10-14H2,1H3,(H,23,25)/t16-/m1/s1. The number of hydrogen-bond acceptors (Lipinski definition) is 4. The van der Waals surface area contributed by atoms with E-state index in [1.165, 1.54) is 11.1 Å². The third kappa shape index (κ3) is 3.98. The lowest BCUT2D eigenvalue weighted by Crippen LogP contribution is -2.44. The lowest BCUT2D eigenvalue weighted by Gasteiger charge is -2.31. The van der Waals surface area contributed by atoms with Crippen molar-refractivity contribution in [2.45, 2.75) is 19.4 Å². The molecule has 0 aromatic heterocycles. The molecular formula is C22H24N2O3. The van der Waals surface area contributed by atoms with Crippen molar-refractivity contribution in [3.8, 4) is 11.5 Å². The Hall–Kier alpha value is -2.79. The number of fused-ring (bicyclic) bond motifs is 1. The Morgan fingerprint density at radius 2 is 1.85 bits per heavy atom. The van der Waals surface area contributed by atoms with Crippen LogP contribution in [0.25, 0.3) is 5.57 Å². The normalized spacial score (nSPS) is 17.7. The number of nitrogens with zero attached hydrogens (tertiary/aromatic N) is 1. The Morgan fingerprint density at radius 1 is 1.07 bits per heavy atom. The van der Waals surface area contributed by atoms with Crippen LogP contribution in [0.1, 0.15) is 18.9 Å². The van der Waals surface area contributed by atoms with Gasteiger partial charge in [-0.2, -0.15) is 0 Å². The molecular weight excluding hydrogens is 340 g/mol. The first-order valence-electron chi connectivity index (χ1n) is 9.40. The van der Waals surface area contributed by atoms with Gasteiger partial charge in [0.15, 0.2) is 11.5 Å². The fourth-order valence-electron chi connectivity index (χ4n) is 3.48. The molecule has 0 fully saturated rings. The maximum atomic E-state index is 12.7. The van der Waals surface area contributed by atoms with Crippen LogP contribution in [0.5, 0.6) is 11.5 Å². The molecule has 2 aromatic rings. The van der Waals surface area contributed by atoms with Gasteiger partial charge < -0.3 is 14.8 Å². The van der Waals surface area contributed by atoms with Crippen molar-refractivity contribution in [2.24, 2.45) is 0 Å². The highest BCUT2D eigenvalue weighted by Gasteiger charge is 2.24. The molecule has 0 radical (unpaired) electrons. The third-order valence-electron chi connectivity index (χ3n) is 5.12. The molecule has 4 rings (SSSR count). The predicted molar refractivity (Wildman–Crippen MR) is 106 cm³/mol. The van der Waals surface area contributed by atoms with Crippen molar-refractivity contribution in [3.63, 3.8) is 0 Å². The summed E-state index contributed by atoms with van der Waals surface area (Å²) in [7, 11) is 0. The van der Waals surface area contributed by atoms with Crippen LogP contribution in [0.3, 0.4) is 0 Å². The first kappa shape index (κ1) is 17.6. The molecule has 27 heavy (non-hydrogen) atoms. The minimum atomic E-state index is -0.202. The number of ether oxygens (including phenoxy) is 2. The topological polar surface area (TPSA) is 50.8 Å². The quantitative estimate of drug-likeness (QED) is 0.901. The third-order valence-corrected chi connectivity index (χ3v) is 5.12. The van der Waals surface area contributed by atoms with E-state index in [1.54, 1.807) is 0 Å². The lowest BCUT2D eigenvalue weighted by atomic mass is 9.99. The van der Waals surface area contributed by atoms with Crippen molar-refractivity contribution < 1.29 is 14.3 Å². The van der Waals surface area contributed by atoms with Crippen molar-refractivity contribution >= 4 is 17.2 Å². The molecule has 1 N–H and O–H groups in total.